The third kappa shape index (κ3) is 1.46. The van der Waals surface area contributed by atoms with E-state index in [2.05, 4.69) is 19.2 Å². The smallest absolute Gasteiger partial charge is 0.0675 e. The second kappa shape index (κ2) is 2.46. The molecule has 0 saturated carbocycles. The van der Waals surface area contributed by atoms with Crippen molar-refractivity contribution in [3.05, 3.63) is 0 Å². The van der Waals surface area contributed by atoms with Gasteiger partial charge >= 0.3 is 0 Å². The van der Waals surface area contributed by atoms with Crippen LogP contribution in [0.1, 0.15) is 15.3 Å². The number of hydrogen-bond acceptors (Lipinski definition) is 2. The van der Waals surface area contributed by atoms with E-state index in [0.717, 1.165) is 13.1 Å². The largest absolute Gasteiger partial charge is 0.373 e. The molecule has 1 heterocycles. The molecule has 2 heteroatoms. The molecule has 1 N–H and O–H groups in total. The molecule has 2 nitrogen and oxygen atoms in total. The van der Waals surface area contributed by atoms with Crippen molar-refractivity contribution < 1.29 is 6.16 Å². The molecular formula is C6H15NO. The first-order valence-corrected chi connectivity index (χ1v) is 3.15. The van der Waals surface area contributed by atoms with Crippen LogP contribution in [0.2, 0.25) is 0 Å². The fourth-order valence-electron chi connectivity index (χ4n) is 0.983. The highest BCUT2D eigenvalue weighted by Crippen LogP contribution is 2.00. The number of nitrogens with one attached hydrogen (secondary N) is 1. The van der Waals surface area contributed by atoms with Crippen LogP contribution in [-0.2, 0) is 4.74 Å². The van der Waals surface area contributed by atoms with Crippen LogP contribution in [0.5, 0.6) is 0 Å². The number of ether oxygens (including phenoxy) is 1. The van der Waals surface area contributed by atoms with Crippen LogP contribution in [0.3, 0.4) is 0 Å². The fraction of sp³-hybridized carbons (Fsp3) is 1.00. The molecule has 0 spiro atoms. The molecule has 50 valence electrons. The van der Waals surface area contributed by atoms with Gasteiger partial charge in [-0.2, -0.15) is 0 Å². The molecule has 1 rings (SSSR count). The third-order valence-corrected chi connectivity index (χ3v) is 1.33. The van der Waals surface area contributed by atoms with Crippen molar-refractivity contribution >= 4 is 0 Å². The maximum atomic E-state index is 5.42. The fourth-order valence-corrected chi connectivity index (χ4v) is 0.983. The first-order chi connectivity index (χ1) is 3.79. The van der Waals surface area contributed by atoms with Crippen LogP contribution in [-0.4, -0.2) is 25.3 Å². The van der Waals surface area contributed by atoms with Gasteiger partial charge in [-0.1, -0.05) is 0 Å². The Morgan fingerprint density at radius 1 is 1.38 bits per heavy atom. The second-order valence-corrected chi connectivity index (χ2v) is 2.42. The van der Waals surface area contributed by atoms with E-state index >= 15 is 0 Å². The lowest BCUT2D eigenvalue weighted by atomic mass is 10.3. The molecule has 1 saturated heterocycles. The Bertz CT molecular complexity index is 71.5. The van der Waals surface area contributed by atoms with E-state index in [1.807, 2.05) is 0 Å². The third-order valence-electron chi connectivity index (χ3n) is 1.33. The van der Waals surface area contributed by atoms with Gasteiger partial charge < -0.3 is 10.1 Å². The molecule has 1 aliphatic rings. The van der Waals surface area contributed by atoms with Gasteiger partial charge in [0.25, 0.3) is 0 Å². The quantitative estimate of drug-likeness (QED) is 0.502. The summed E-state index contributed by atoms with van der Waals surface area (Å²) >= 11 is 0. The molecule has 0 aromatic carbocycles. The zero-order valence-electron chi connectivity index (χ0n) is 5.48. The molecule has 8 heavy (non-hydrogen) atoms. The van der Waals surface area contributed by atoms with E-state index in [9.17, 15) is 0 Å². The van der Waals surface area contributed by atoms with Gasteiger partial charge in [0.05, 0.1) is 12.2 Å². The molecule has 1 fully saturated rings. The summed E-state index contributed by atoms with van der Waals surface area (Å²) in [5, 5.41) is 3.26. The average molecular weight is 117 g/mol. The molecule has 2 atom stereocenters. The van der Waals surface area contributed by atoms with Crippen LogP contribution in [0.25, 0.3) is 0 Å². The Balaban J connectivity index is 0.000000640. The lowest BCUT2D eigenvalue weighted by molar-refractivity contribution is -0.0166. The van der Waals surface area contributed by atoms with E-state index in [0.29, 0.717) is 12.2 Å². The van der Waals surface area contributed by atoms with Gasteiger partial charge in [0.2, 0.25) is 0 Å². The topological polar surface area (TPSA) is 21.3 Å². The Hall–Kier alpha value is -0.0800. The summed E-state index contributed by atoms with van der Waals surface area (Å²) in [6, 6.07) is 0. The lowest BCUT2D eigenvalue weighted by Gasteiger charge is -2.25. The molecule has 0 unspecified atom stereocenters. The zero-order chi connectivity index (χ0) is 5.98. The summed E-state index contributed by atoms with van der Waals surface area (Å²) in [6.07, 6.45) is 0.803. The molecule has 0 aromatic heterocycles. The zero-order valence-corrected chi connectivity index (χ0v) is 5.48. The van der Waals surface area contributed by atoms with E-state index < -0.39 is 0 Å². The summed E-state index contributed by atoms with van der Waals surface area (Å²) in [5.41, 5.74) is 0. The summed E-state index contributed by atoms with van der Waals surface area (Å²) in [5.74, 6) is 0. The minimum absolute atomic E-state index is 0. The van der Waals surface area contributed by atoms with Gasteiger partial charge in [0, 0.05) is 14.5 Å². The van der Waals surface area contributed by atoms with Crippen molar-refractivity contribution in [3.63, 3.8) is 0 Å². The highest BCUT2D eigenvalue weighted by molar-refractivity contribution is 4.66. The maximum Gasteiger partial charge on any atom is 0.0675 e. The Morgan fingerprint density at radius 2 is 1.88 bits per heavy atom. The van der Waals surface area contributed by atoms with Gasteiger partial charge in [-0.3, -0.25) is 0 Å². The number of hydrogen-bond donors (Lipinski definition) is 1. The van der Waals surface area contributed by atoms with Gasteiger partial charge in [-0.25, -0.2) is 0 Å². The summed E-state index contributed by atoms with van der Waals surface area (Å²) in [7, 11) is 0. The first kappa shape index (κ1) is 6.05. The Morgan fingerprint density at radius 3 is 2.12 bits per heavy atom. The van der Waals surface area contributed by atoms with E-state index in [1.165, 1.54) is 0 Å². The van der Waals surface area contributed by atoms with Crippen molar-refractivity contribution in [3.8, 4) is 0 Å². The monoisotopic (exact) mass is 117 g/mol. The molecular weight excluding hydrogens is 102 g/mol. The SMILES string of the molecule is C[C@@H]1CNC[C@@H](C)O1.[HH]. The van der Waals surface area contributed by atoms with Crippen molar-refractivity contribution in [2.75, 3.05) is 13.1 Å². The lowest BCUT2D eigenvalue weighted by Crippen LogP contribution is -2.41. The minimum Gasteiger partial charge on any atom is -0.373 e. The predicted octanol–water partition coefficient (Wildman–Crippen LogP) is 0.629. The van der Waals surface area contributed by atoms with Gasteiger partial charge in [0.15, 0.2) is 0 Å². The molecule has 0 aliphatic carbocycles. The highest BCUT2D eigenvalue weighted by Gasteiger charge is 2.12. The minimum atomic E-state index is 0. The van der Waals surface area contributed by atoms with Crippen molar-refractivity contribution in [2.24, 2.45) is 0 Å². The molecule has 0 aromatic rings. The van der Waals surface area contributed by atoms with Crippen LogP contribution < -0.4 is 5.32 Å². The highest BCUT2D eigenvalue weighted by atomic mass is 16.5. The Labute approximate surface area is 51.7 Å². The summed E-state index contributed by atoms with van der Waals surface area (Å²) < 4.78 is 5.42. The van der Waals surface area contributed by atoms with Crippen LogP contribution in [0, 0.1) is 0 Å². The average Bonchev–Trinajstić information content (AvgIpc) is 1.64. The van der Waals surface area contributed by atoms with Gasteiger partial charge in [0.1, 0.15) is 0 Å². The van der Waals surface area contributed by atoms with Crippen molar-refractivity contribution in [2.45, 2.75) is 26.1 Å². The van der Waals surface area contributed by atoms with Crippen LogP contribution in [0.4, 0.5) is 0 Å². The van der Waals surface area contributed by atoms with E-state index in [4.69, 9.17) is 4.74 Å². The van der Waals surface area contributed by atoms with E-state index in [-0.39, 0.29) is 1.43 Å². The maximum absolute atomic E-state index is 5.42. The van der Waals surface area contributed by atoms with Crippen LogP contribution in [0.15, 0.2) is 0 Å². The van der Waals surface area contributed by atoms with Crippen molar-refractivity contribution in [1.29, 1.82) is 0 Å². The standard InChI is InChI=1S/C6H13NO.H2/c1-5-3-7-4-6(2)8-5;/h5-7H,3-4H2,1-2H3;1H/t5-,6-;/m1./s1. The molecule has 0 amide bonds. The first-order valence-electron chi connectivity index (χ1n) is 3.15. The number of morpholine rings is 1. The number of rotatable bonds is 0. The van der Waals surface area contributed by atoms with Crippen LogP contribution >= 0.6 is 0 Å². The van der Waals surface area contributed by atoms with E-state index in [1.54, 1.807) is 0 Å². The van der Waals surface area contributed by atoms with Gasteiger partial charge in [-0.05, 0) is 13.8 Å². The summed E-state index contributed by atoms with van der Waals surface area (Å²) in [4.78, 5) is 0. The van der Waals surface area contributed by atoms with Crippen molar-refractivity contribution in [1.82, 2.24) is 5.32 Å². The molecule has 1 aliphatic heterocycles. The van der Waals surface area contributed by atoms with Gasteiger partial charge in [-0.15, -0.1) is 0 Å². The molecule has 0 radical (unpaired) electrons. The second-order valence-electron chi connectivity index (χ2n) is 2.42. The molecule has 0 bridgehead atoms. The Kier molecular flexibility index (Phi) is 1.86. The normalized spacial score (nSPS) is 39.8. The summed E-state index contributed by atoms with van der Waals surface area (Å²) in [6.45, 7) is 6.18. The predicted molar refractivity (Wildman–Crippen MR) is 35.0 cm³/mol.